The van der Waals surface area contributed by atoms with E-state index in [2.05, 4.69) is 38.3 Å². The van der Waals surface area contributed by atoms with Crippen LogP contribution in [0.4, 0.5) is 5.69 Å². The highest BCUT2D eigenvalue weighted by molar-refractivity contribution is 6.06. The second-order valence-corrected chi connectivity index (χ2v) is 12.2. The molecule has 7 heteroatoms. The molecule has 7 nitrogen and oxygen atoms in total. The van der Waals surface area contributed by atoms with Gasteiger partial charge in [0.15, 0.2) is 0 Å². The summed E-state index contributed by atoms with van der Waals surface area (Å²) in [6.07, 6.45) is 3.94. The number of anilines is 1. The van der Waals surface area contributed by atoms with Crippen molar-refractivity contribution in [2.24, 2.45) is 16.7 Å². The lowest BCUT2D eigenvalue weighted by Gasteiger charge is -2.37. The van der Waals surface area contributed by atoms with Gasteiger partial charge in [0.25, 0.3) is 5.91 Å². The lowest BCUT2D eigenvalue weighted by atomic mass is 9.68. The number of rotatable bonds is 11. The molecule has 0 fully saturated rings. The molecule has 2 atom stereocenters. The van der Waals surface area contributed by atoms with E-state index in [1.807, 2.05) is 18.2 Å². The van der Waals surface area contributed by atoms with Crippen LogP contribution in [-0.4, -0.2) is 31.9 Å². The molecule has 0 bridgehead atoms. The van der Waals surface area contributed by atoms with Crippen LogP contribution < -0.4 is 20.1 Å². The number of nitrogens with one attached hydrogen (secondary N) is 2. The van der Waals surface area contributed by atoms with Gasteiger partial charge >= 0.3 is 0 Å². The van der Waals surface area contributed by atoms with Crippen molar-refractivity contribution in [2.45, 2.75) is 80.1 Å². The zero-order chi connectivity index (χ0) is 29.4. The first-order chi connectivity index (χ1) is 18.2. The highest BCUT2D eigenvalue weighted by Gasteiger charge is 2.40. The molecule has 0 aliphatic carbocycles. The molecule has 0 aliphatic heterocycles. The van der Waals surface area contributed by atoms with Crippen molar-refractivity contribution in [3.63, 3.8) is 0 Å². The number of imide groups is 1. The Kier molecular flexibility index (Phi) is 11.1. The lowest BCUT2D eigenvalue weighted by Crippen LogP contribution is -2.39. The quantitative estimate of drug-likeness (QED) is 0.301. The topological polar surface area (TPSA) is 93.7 Å². The molecule has 0 saturated heterocycles. The molecule has 2 aromatic rings. The second-order valence-electron chi connectivity index (χ2n) is 12.2. The third-order valence-electron chi connectivity index (χ3n) is 6.88. The van der Waals surface area contributed by atoms with E-state index in [-0.39, 0.29) is 23.1 Å². The van der Waals surface area contributed by atoms with Crippen LogP contribution in [0.15, 0.2) is 42.5 Å². The van der Waals surface area contributed by atoms with Crippen LogP contribution in [0.1, 0.15) is 96.0 Å². The summed E-state index contributed by atoms with van der Waals surface area (Å²) in [6.45, 7) is 13.6. The SMILES string of the molecule is CCCCCC(c1ccc(OC)cc1OC)C(C(=O)Nc1cccc(C(=O)NC(=O)C(C)(C)C)c1)C(C)(C)C. The van der Waals surface area contributed by atoms with Crippen LogP contribution in [0.25, 0.3) is 0 Å². The van der Waals surface area contributed by atoms with E-state index >= 15 is 0 Å². The van der Waals surface area contributed by atoms with Gasteiger partial charge in [-0.25, -0.2) is 0 Å². The summed E-state index contributed by atoms with van der Waals surface area (Å²) >= 11 is 0. The Morgan fingerprint density at radius 3 is 2.15 bits per heavy atom. The Balaban J connectivity index is 2.43. The van der Waals surface area contributed by atoms with Crippen molar-refractivity contribution in [1.82, 2.24) is 5.32 Å². The number of hydrogen-bond donors (Lipinski definition) is 2. The van der Waals surface area contributed by atoms with E-state index in [9.17, 15) is 14.4 Å². The molecule has 214 valence electrons. The summed E-state index contributed by atoms with van der Waals surface area (Å²) in [4.78, 5) is 39.0. The fourth-order valence-corrected chi connectivity index (χ4v) is 4.74. The molecular formula is C32H46N2O5. The van der Waals surface area contributed by atoms with Crippen molar-refractivity contribution in [3.8, 4) is 11.5 Å². The summed E-state index contributed by atoms with van der Waals surface area (Å²) in [7, 11) is 3.25. The molecule has 0 spiro atoms. The van der Waals surface area contributed by atoms with Crippen LogP contribution in [0.2, 0.25) is 0 Å². The van der Waals surface area contributed by atoms with Gasteiger partial charge in [0.2, 0.25) is 11.8 Å². The van der Waals surface area contributed by atoms with Gasteiger partial charge in [-0.05, 0) is 47.6 Å². The van der Waals surface area contributed by atoms with Crippen LogP contribution >= 0.6 is 0 Å². The first-order valence-corrected chi connectivity index (χ1v) is 13.7. The van der Waals surface area contributed by atoms with E-state index in [0.29, 0.717) is 22.7 Å². The molecule has 2 N–H and O–H groups in total. The van der Waals surface area contributed by atoms with Gasteiger partial charge < -0.3 is 14.8 Å². The third-order valence-corrected chi connectivity index (χ3v) is 6.88. The Morgan fingerprint density at radius 1 is 0.897 bits per heavy atom. The van der Waals surface area contributed by atoms with E-state index in [1.54, 1.807) is 59.3 Å². The molecule has 0 radical (unpaired) electrons. The number of benzene rings is 2. The second kappa shape index (κ2) is 13.6. The predicted molar refractivity (Wildman–Crippen MR) is 156 cm³/mol. The number of unbranched alkanes of at least 4 members (excludes halogenated alkanes) is 2. The third kappa shape index (κ3) is 8.84. The lowest BCUT2D eigenvalue weighted by molar-refractivity contribution is -0.127. The average molecular weight is 539 g/mol. The van der Waals surface area contributed by atoms with Crippen LogP contribution in [0.5, 0.6) is 11.5 Å². The van der Waals surface area contributed by atoms with Gasteiger partial charge in [-0.15, -0.1) is 0 Å². The molecule has 39 heavy (non-hydrogen) atoms. The number of ether oxygens (including phenoxy) is 2. The van der Waals surface area contributed by atoms with Gasteiger partial charge in [-0.2, -0.15) is 0 Å². The molecule has 0 aliphatic rings. The largest absolute Gasteiger partial charge is 0.497 e. The Morgan fingerprint density at radius 2 is 1.59 bits per heavy atom. The normalized spacial score (nSPS) is 13.3. The van der Waals surface area contributed by atoms with Gasteiger partial charge in [0.1, 0.15) is 11.5 Å². The highest BCUT2D eigenvalue weighted by atomic mass is 16.5. The highest BCUT2D eigenvalue weighted by Crippen LogP contribution is 2.45. The summed E-state index contributed by atoms with van der Waals surface area (Å²) in [5.74, 6) is -0.105. The maximum absolute atomic E-state index is 14.0. The standard InChI is InChI=1S/C32H46N2O5/c1-10-11-12-16-25(24-18-17-23(38-8)20-26(24)39-9)27(31(2,3)4)29(36)33-22-15-13-14-21(19-22)28(35)34-30(37)32(5,6)7/h13-15,17-20,25,27H,10-12,16H2,1-9H3,(H,33,36)(H,34,35,37). The molecule has 2 unspecified atom stereocenters. The smallest absolute Gasteiger partial charge is 0.257 e. The Labute approximate surface area is 234 Å². The van der Waals surface area contributed by atoms with E-state index < -0.39 is 17.2 Å². The molecule has 0 heterocycles. The fourth-order valence-electron chi connectivity index (χ4n) is 4.74. The van der Waals surface area contributed by atoms with Gasteiger partial charge in [0.05, 0.1) is 20.1 Å². The summed E-state index contributed by atoms with van der Waals surface area (Å²) in [5, 5.41) is 5.50. The fraction of sp³-hybridized carbons (Fsp3) is 0.531. The zero-order valence-electron chi connectivity index (χ0n) is 25.1. The van der Waals surface area contributed by atoms with Crippen molar-refractivity contribution < 1.29 is 23.9 Å². The molecule has 0 aromatic heterocycles. The van der Waals surface area contributed by atoms with E-state index in [4.69, 9.17) is 9.47 Å². The van der Waals surface area contributed by atoms with Gasteiger partial charge in [-0.3, -0.25) is 19.7 Å². The van der Waals surface area contributed by atoms with Crippen LogP contribution in [0.3, 0.4) is 0 Å². The summed E-state index contributed by atoms with van der Waals surface area (Å²) < 4.78 is 11.2. The summed E-state index contributed by atoms with van der Waals surface area (Å²) in [6, 6.07) is 12.4. The molecule has 3 amide bonds. The zero-order valence-corrected chi connectivity index (χ0v) is 25.1. The molecule has 2 aromatic carbocycles. The van der Waals surface area contributed by atoms with Gasteiger partial charge in [-0.1, -0.05) is 79.9 Å². The average Bonchev–Trinajstić information content (AvgIpc) is 2.86. The minimum absolute atomic E-state index is 0.103. The number of hydrogen-bond acceptors (Lipinski definition) is 5. The number of carbonyl (C=O) groups excluding carboxylic acids is 3. The number of carbonyl (C=O) groups is 3. The monoisotopic (exact) mass is 538 g/mol. The Bertz CT molecular complexity index is 1140. The predicted octanol–water partition coefficient (Wildman–Crippen LogP) is 6.97. The summed E-state index contributed by atoms with van der Waals surface area (Å²) in [5.41, 5.74) is 0.697. The minimum atomic E-state index is -0.698. The first kappa shape index (κ1) is 31.9. The maximum atomic E-state index is 14.0. The van der Waals surface area contributed by atoms with E-state index in [1.165, 1.54) is 0 Å². The number of methoxy groups -OCH3 is 2. The Hall–Kier alpha value is -3.35. The van der Waals surface area contributed by atoms with Crippen molar-refractivity contribution in [3.05, 3.63) is 53.6 Å². The van der Waals surface area contributed by atoms with Crippen molar-refractivity contribution in [2.75, 3.05) is 19.5 Å². The minimum Gasteiger partial charge on any atom is -0.497 e. The van der Waals surface area contributed by atoms with Crippen molar-refractivity contribution >= 4 is 23.4 Å². The first-order valence-electron chi connectivity index (χ1n) is 13.7. The van der Waals surface area contributed by atoms with Crippen LogP contribution in [0, 0.1) is 16.7 Å². The molecule has 0 saturated carbocycles. The van der Waals surface area contributed by atoms with Crippen molar-refractivity contribution in [1.29, 1.82) is 0 Å². The molecular weight excluding hydrogens is 492 g/mol. The van der Waals surface area contributed by atoms with Crippen LogP contribution in [-0.2, 0) is 9.59 Å². The molecule has 2 rings (SSSR count). The maximum Gasteiger partial charge on any atom is 0.257 e. The van der Waals surface area contributed by atoms with Gasteiger partial charge in [0, 0.05) is 22.7 Å². The number of amides is 3. The van der Waals surface area contributed by atoms with E-state index in [0.717, 1.165) is 31.2 Å².